The van der Waals surface area contributed by atoms with Crippen LogP contribution in [0.15, 0.2) is 72.0 Å². The molecule has 1 amide bonds. The molecule has 6 heteroatoms. The predicted octanol–water partition coefficient (Wildman–Crippen LogP) is 4.88. The lowest BCUT2D eigenvalue weighted by atomic mass is 9.95. The van der Waals surface area contributed by atoms with Crippen molar-refractivity contribution in [3.8, 4) is 5.75 Å². The molecule has 2 aromatic carbocycles. The number of unbranched alkanes of at least 4 members (excludes halogenated alkanes) is 1. The van der Waals surface area contributed by atoms with Gasteiger partial charge in [0.1, 0.15) is 5.75 Å². The van der Waals surface area contributed by atoms with Gasteiger partial charge in [0.05, 0.1) is 18.2 Å². The second kappa shape index (κ2) is 12.0. The zero-order chi connectivity index (χ0) is 23.6. The van der Waals surface area contributed by atoms with E-state index in [1.54, 1.807) is 13.2 Å². The molecule has 1 aliphatic rings. The van der Waals surface area contributed by atoms with E-state index in [2.05, 4.69) is 6.92 Å². The first-order valence-electron chi connectivity index (χ1n) is 11.3. The molecule has 1 atom stereocenters. The van der Waals surface area contributed by atoms with E-state index >= 15 is 0 Å². The number of ether oxygens (including phenoxy) is 2. The average molecular weight is 450 g/mol. The summed E-state index contributed by atoms with van der Waals surface area (Å²) < 4.78 is 11.0. The van der Waals surface area contributed by atoms with Crippen molar-refractivity contribution in [1.82, 2.24) is 4.90 Å². The summed E-state index contributed by atoms with van der Waals surface area (Å²) in [6.45, 7) is 3.50. The van der Waals surface area contributed by atoms with E-state index in [4.69, 9.17) is 9.47 Å². The third kappa shape index (κ3) is 6.11. The molecule has 0 saturated carbocycles. The first-order chi connectivity index (χ1) is 16.1. The van der Waals surface area contributed by atoms with Gasteiger partial charge in [-0.25, -0.2) is 0 Å². The monoisotopic (exact) mass is 449 g/mol. The molecule has 2 aromatic rings. The van der Waals surface area contributed by atoms with Crippen molar-refractivity contribution in [2.45, 2.75) is 32.2 Å². The highest BCUT2D eigenvalue weighted by molar-refractivity contribution is 6.14. The summed E-state index contributed by atoms with van der Waals surface area (Å²) in [6, 6.07) is 16.1. The quantitative estimate of drug-likeness (QED) is 0.369. The third-order valence-corrected chi connectivity index (χ3v) is 5.48. The lowest BCUT2D eigenvalue weighted by Crippen LogP contribution is -2.32. The number of benzene rings is 2. The second-order valence-corrected chi connectivity index (χ2v) is 7.89. The van der Waals surface area contributed by atoms with Gasteiger partial charge in [0.25, 0.3) is 5.91 Å². The smallest absolute Gasteiger partial charge is 0.290 e. The lowest BCUT2D eigenvalue weighted by Gasteiger charge is -2.27. The summed E-state index contributed by atoms with van der Waals surface area (Å²) >= 11 is 0. The predicted molar refractivity (Wildman–Crippen MR) is 128 cm³/mol. The Balaban J connectivity index is 1.93. The molecule has 1 N–H and O–H groups in total. The molecule has 6 nitrogen and oxygen atoms in total. The van der Waals surface area contributed by atoms with Gasteiger partial charge in [0.15, 0.2) is 11.5 Å². The zero-order valence-electron chi connectivity index (χ0n) is 19.2. The Labute approximate surface area is 195 Å². The van der Waals surface area contributed by atoms with Crippen molar-refractivity contribution in [3.63, 3.8) is 0 Å². The number of aliphatic hydroxyl groups is 1. The Bertz CT molecular complexity index is 1010. The number of amides is 1. The number of methoxy groups -OCH3 is 1. The Morgan fingerprint density at radius 3 is 2.61 bits per heavy atom. The topological polar surface area (TPSA) is 76.1 Å². The average Bonchev–Trinajstić information content (AvgIpc) is 3.09. The van der Waals surface area contributed by atoms with Gasteiger partial charge in [0, 0.05) is 20.3 Å². The van der Waals surface area contributed by atoms with Gasteiger partial charge in [-0.3, -0.25) is 9.59 Å². The molecule has 1 unspecified atom stereocenters. The molecular formula is C27H31NO5. The van der Waals surface area contributed by atoms with Gasteiger partial charge < -0.3 is 19.5 Å². The second-order valence-electron chi connectivity index (χ2n) is 7.89. The highest BCUT2D eigenvalue weighted by Crippen LogP contribution is 2.39. The minimum Gasteiger partial charge on any atom is -0.503 e. The third-order valence-electron chi connectivity index (χ3n) is 5.48. The van der Waals surface area contributed by atoms with E-state index in [0.717, 1.165) is 24.0 Å². The van der Waals surface area contributed by atoms with Crippen LogP contribution in [0.2, 0.25) is 0 Å². The molecule has 33 heavy (non-hydrogen) atoms. The lowest BCUT2D eigenvalue weighted by molar-refractivity contribution is -0.129. The standard InChI is InChI=1S/C27H31NO5/c1-3-4-18-33-22-13-8-12-21(19-22)25-24(23(29)15-14-20-10-6-5-7-11-20)26(30)27(31)28(25)16-9-17-32-2/h5-8,10-15,19,25,30H,3-4,9,16-18H2,1-2H3. The van der Waals surface area contributed by atoms with Crippen molar-refractivity contribution >= 4 is 17.8 Å². The molecule has 174 valence electrons. The zero-order valence-corrected chi connectivity index (χ0v) is 19.2. The number of carbonyl (C=O) groups is 2. The fourth-order valence-corrected chi connectivity index (χ4v) is 3.80. The summed E-state index contributed by atoms with van der Waals surface area (Å²) in [4.78, 5) is 27.7. The Morgan fingerprint density at radius 1 is 1.09 bits per heavy atom. The SMILES string of the molecule is CCCCOc1cccc(C2C(C(=O)C=Cc3ccccc3)=C(O)C(=O)N2CCCOC)c1. The number of ketones is 1. The van der Waals surface area contributed by atoms with Crippen LogP contribution in [-0.2, 0) is 14.3 Å². The molecule has 1 heterocycles. The van der Waals surface area contributed by atoms with Crippen molar-refractivity contribution in [2.75, 3.05) is 26.9 Å². The summed E-state index contributed by atoms with van der Waals surface area (Å²) in [6.07, 6.45) is 5.63. The first-order valence-corrected chi connectivity index (χ1v) is 11.3. The number of hydrogen-bond acceptors (Lipinski definition) is 5. The van der Waals surface area contributed by atoms with E-state index < -0.39 is 23.5 Å². The van der Waals surface area contributed by atoms with Gasteiger partial charge in [0.2, 0.25) is 0 Å². The number of rotatable bonds is 12. The number of nitrogens with zero attached hydrogens (tertiary/aromatic N) is 1. The highest BCUT2D eigenvalue weighted by atomic mass is 16.5. The fourth-order valence-electron chi connectivity index (χ4n) is 3.80. The minimum atomic E-state index is -0.697. The van der Waals surface area contributed by atoms with Gasteiger partial charge in [-0.05, 0) is 42.2 Å². The molecule has 0 spiro atoms. The van der Waals surface area contributed by atoms with Crippen molar-refractivity contribution in [2.24, 2.45) is 0 Å². The molecule has 0 aromatic heterocycles. The maximum Gasteiger partial charge on any atom is 0.290 e. The number of carbonyl (C=O) groups excluding carboxylic acids is 2. The van der Waals surface area contributed by atoms with Crippen LogP contribution in [0.4, 0.5) is 0 Å². The molecular weight excluding hydrogens is 418 g/mol. The van der Waals surface area contributed by atoms with Crippen molar-refractivity contribution in [3.05, 3.63) is 83.1 Å². The Hall–Kier alpha value is -3.38. The van der Waals surface area contributed by atoms with E-state index in [9.17, 15) is 14.7 Å². The Morgan fingerprint density at radius 2 is 1.88 bits per heavy atom. The molecule has 0 fully saturated rings. The van der Waals surface area contributed by atoms with Crippen molar-refractivity contribution < 1.29 is 24.2 Å². The summed E-state index contributed by atoms with van der Waals surface area (Å²) in [5.41, 5.74) is 1.65. The van der Waals surface area contributed by atoms with Gasteiger partial charge in [-0.2, -0.15) is 0 Å². The van der Waals surface area contributed by atoms with E-state index in [1.165, 1.54) is 11.0 Å². The first kappa shape index (κ1) is 24.3. The van der Waals surface area contributed by atoms with Crippen LogP contribution in [0.5, 0.6) is 5.75 Å². The van der Waals surface area contributed by atoms with Crippen LogP contribution in [-0.4, -0.2) is 48.6 Å². The van der Waals surface area contributed by atoms with Crippen LogP contribution in [0, 0.1) is 0 Å². The van der Waals surface area contributed by atoms with Crippen LogP contribution in [0.3, 0.4) is 0 Å². The molecule has 0 aliphatic carbocycles. The van der Waals surface area contributed by atoms with Gasteiger partial charge >= 0.3 is 0 Å². The maximum atomic E-state index is 13.2. The van der Waals surface area contributed by atoms with E-state index in [-0.39, 0.29) is 5.57 Å². The van der Waals surface area contributed by atoms with Crippen LogP contribution < -0.4 is 4.74 Å². The summed E-state index contributed by atoms with van der Waals surface area (Å²) in [5, 5.41) is 10.7. The molecule has 1 aliphatic heterocycles. The molecule has 0 radical (unpaired) electrons. The van der Waals surface area contributed by atoms with Gasteiger partial charge in [-0.1, -0.05) is 61.9 Å². The van der Waals surface area contributed by atoms with Crippen LogP contribution in [0.25, 0.3) is 6.08 Å². The summed E-state index contributed by atoms with van der Waals surface area (Å²) in [7, 11) is 1.60. The van der Waals surface area contributed by atoms with Crippen LogP contribution in [0.1, 0.15) is 43.4 Å². The van der Waals surface area contributed by atoms with Crippen LogP contribution >= 0.6 is 0 Å². The maximum absolute atomic E-state index is 13.2. The number of hydrogen-bond donors (Lipinski definition) is 1. The fraction of sp³-hybridized carbons (Fsp3) is 0.333. The normalized spacial score (nSPS) is 16.1. The molecule has 0 saturated heterocycles. The molecule has 3 rings (SSSR count). The minimum absolute atomic E-state index is 0.0790. The Kier molecular flexibility index (Phi) is 8.84. The van der Waals surface area contributed by atoms with Crippen molar-refractivity contribution in [1.29, 1.82) is 0 Å². The van der Waals surface area contributed by atoms with E-state index in [1.807, 2.05) is 54.6 Å². The summed E-state index contributed by atoms with van der Waals surface area (Å²) in [5.74, 6) is -0.785. The largest absolute Gasteiger partial charge is 0.503 e. The van der Waals surface area contributed by atoms with E-state index in [0.29, 0.717) is 31.9 Å². The molecule has 0 bridgehead atoms. The van der Waals surface area contributed by atoms with Gasteiger partial charge in [-0.15, -0.1) is 0 Å². The highest BCUT2D eigenvalue weighted by Gasteiger charge is 2.42. The number of allylic oxidation sites excluding steroid dienone is 1. The number of aliphatic hydroxyl groups excluding tert-OH is 1.